The lowest BCUT2D eigenvalue weighted by atomic mass is 9.74. The summed E-state index contributed by atoms with van der Waals surface area (Å²) < 4.78 is 0. The van der Waals surface area contributed by atoms with E-state index in [9.17, 15) is 24.4 Å². The minimum atomic E-state index is -1.74. The zero-order valence-corrected chi connectivity index (χ0v) is 19.0. The number of benzene rings is 2. The highest BCUT2D eigenvalue weighted by Crippen LogP contribution is 2.46. The number of ketones is 1. The van der Waals surface area contributed by atoms with Crippen molar-refractivity contribution in [1.29, 1.82) is 0 Å². The van der Waals surface area contributed by atoms with E-state index in [1.807, 2.05) is 62.4 Å². The normalized spacial score (nSPS) is 14.3. The average Bonchev–Trinajstić information content (AvgIpc) is 3.06. The van der Waals surface area contributed by atoms with Crippen LogP contribution in [0.15, 0.2) is 48.5 Å². The predicted molar refractivity (Wildman–Crippen MR) is 127 cm³/mol. The highest BCUT2D eigenvalue weighted by atomic mass is 16.4. The quantitative estimate of drug-likeness (QED) is 0.390. The summed E-state index contributed by atoms with van der Waals surface area (Å²) in [6.07, 6.45) is 0.113. The molecule has 0 fully saturated rings. The van der Waals surface area contributed by atoms with Crippen molar-refractivity contribution in [2.45, 2.75) is 51.4 Å². The fourth-order valence-electron chi connectivity index (χ4n) is 4.63. The van der Waals surface area contributed by atoms with Gasteiger partial charge in [-0.1, -0.05) is 62.4 Å². The lowest BCUT2D eigenvalue weighted by molar-refractivity contribution is -0.132. The maximum absolute atomic E-state index is 13.1. The highest BCUT2D eigenvalue weighted by Gasteiger charge is 2.33. The van der Waals surface area contributed by atoms with Gasteiger partial charge in [0.2, 0.25) is 11.8 Å². The van der Waals surface area contributed by atoms with Gasteiger partial charge < -0.3 is 21.1 Å². The smallest absolute Gasteiger partial charge is 0.426 e. The Labute approximate surface area is 194 Å². The van der Waals surface area contributed by atoms with Gasteiger partial charge in [-0.25, -0.2) is 0 Å². The number of nitrogens with two attached hydrogens (primary N) is 1. The van der Waals surface area contributed by atoms with Gasteiger partial charge in [-0.05, 0) is 34.6 Å². The molecule has 7 nitrogen and oxygen atoms in total. The largest absolute Gasteiger partial charge is 0.475 e. The zero-order chi connectivity index (χ0) is 24.1. The number of hydrogen-bond donors (Lipinski definition) is 4. The summed E-state index contributed by atoms with van der Waals surface area (Å²) in [5, 5.41) is 21.8. The van der Waals surface area contributed by atoms with Gasteiger partial charge in [-0.15, -0.1) is 0 Å². The van der Waals surface area contributed by atoms with Crippen LogP contribution in [0.5, 0.6) is 0 Å². The summed E-state index contributed by atoms with van der Waals surface area (Å²) in [6.45, 7) is 3.78. The Morgan fingerprint density at radius 3 is 2.00 bits per heavy atom. The van der Waals surface area contributed by atoms with Crippen molar-refractivity contribution in [2.24, 2.45) is 17.6 Å². The molecule has 0 heterocycles. The second kappa shape index (κ2) is 10.8. The number of amides is 2. The molecule has 2 atom stereocenters. The topological polar surface area (TPSA) is 130 Å². The molecule has 0 bridgehead atoms. The number of rotatable bonds is 11. The van der Waals surface area contributed by atoms with Crippen molar-refractivity contribution in [3.8, 4) is 11.1 Å². The number of Topliss-reactive ketones (excluding diaryl/α,β-unsaturated/α-hetero) is 1. The summed E-state index contributed by atoms with van der Waals surface area (Å²) >= 11 is 0. The van der Waals surface area contributed by atoms with Crippen LogP contribution in [-0.2, 0) is 14.4 Å². The van der Waals surface area contributed by atoms with E-state index in [1.54, 1.807) is 0 Å². The number of carbonyl (C=O) groups is 3. The molecule has 1 aliphatic carbocycles. The van der Waals surface area contributed by atoms with Crippen molar-refractivity contribution < 1.29 is 24.4 Å². The number of nitrogens with one attached hydrogen (secondary N) is 1. The zero-order valence-electron chi connectivity index (χ0n) is 19.0. The van der Waals surface area contributed by atoms with Crippen molar-refractivity contribution >= 4 is 24.7 Å². The fourth-order valence-corrected chi connectivity index (χ4v) is 4.63. The third-order valence-corrected chi connectivity index (χ3v) is 6.10. The first kappa shape index (κ1) is 24.7. The average molecular weight is 450 g/mol. The van der Waals surface area contributed by atoms with Gasteiger partial charge in [0.25, 0.3) is 0 Å². The number of primary amides is 1. The predicted octanol–water partition coefficient (Wildman–Crippen LogP) is 2.18. The van der Waals surface area contributed by atoms with Crippen LogP contribution in [0.2, 0.25) is 0 Å². The maximum Gasteiger partial charge on any atom is 0.475 e. The van der Waals surface area contributed by atoms with Crippen molar-refractivity contribution in [3.05, 3.63) is 59.7 Å². The minimum absolute atomic E-state index is 0.107. The molecule has 1 aliphatic rings. The van der Waals surface area contributed by atoms with Crippen LogP contribution >= 0.6 is 0 Å². The van der Waals surface area contributed by atoms with E-state index < -0.39 is 30.8 Å². The highest BCUT2D eigenvalue weighted by molar-refractivity contribution is 6.43. The Morgan fingerprint density at radius 2 is 1.52 bits per heavy atom. The summed E-state index contributed by atoms with van der Waals surface area (Å²) in [4.78, 5) is 37.5. The molecule has 3 rings (SSSR count). The van der Waals surface area contributed by atoms with Crippen LogP contribution < -0.4 is 11.1 Å². The fraction of sp³-hybridized carbons (Fsp3) is 0.400. The van der Waals surface area contributed by atoms with Crippen LogP contribution in [0.4, 0.5) is 0 Å². The van der Waals surface area contributed by atoms with Crippen LogP contribution in [-0.4, -0.2) is 40.7 Å². The Hall–Kier alpha value is -2.97. The third-order valence-electron chi connectivity index (χ3n) is 6.10. The van der Waals surface area contributed by atoms with Crippen LogP contribution in [0, 0.1) is 11.8 Å². The van der Waals surface area contributed by atoms with Crippen LogP contribution in [0.3, 0.4) is 0 Å². The lowest BCUT2D eigenvalue weighted by Crippen LogP contribution is -2.49. The van der Waals surface area contributed by atoms with Crippen molar-refractivity contribution in [2.75, 3.05) is 0 Å². The van der Waals surface area contributed by atoms with E-state index >= 15 is 0 Å². The molecule has 174 valence electrons. The Bertz CT molecular complexity index is 978. The van der Waals surface area contributed by atoms with Crippen LogP contribution in [0.25, 0.3) is 11.1 Å². The Morgan fingerprint density at radius 1 is 0.970 bits per heavy atom. The minimum Gasteiger partial charge on any atom is -0.426 e. The summed E-state index contributed by atoms with van der Waals surface area (Å²) in [7, 11) is -1.74. The summed E-state index contributed by atoms with van der Waals surface area (Å²) in [5.74, 6) is -3.28. The standard InChI is InChI=1S/C25H31BN2O5/c1-15(2)11-23(26(32)33)28-25(31)16(13-24(27)30)12-17(29)14-22-20-9-5-3-7-18(20)19-8-4-6-10-21(19)22/h3-10,15-16,22-23,32-33H,11-14H2,1-2H3,(H2,27,30)(H,28,31)/t16-,23-/m0/s1. The van der Waals surface area contributed by atoms with Gasteiger partial charge in [0.05, 0.1) is 11.9 Å². The first-order valence-electron chi connectivity index (χ1n) is 11.3. The first-order chi connectivity index (χ1) is 15.7. The van der Waals surface area contributed by atoms with E-state index in [-0.39, 0.29) is 36.9 Å². The second-order valence-corrected chi connectivity index (χ2v) is 9.20. The molecule has 5 N–H and O–H groups in total. The molecule has 2 aromatic rings. The maximum atomic E-state index is 13.1. The number of carbonyl (C=O) groups excluding carboxylic acids is 3. The molecular weight excluding hydrogens is 419 g/mol. The van der Waals surface area contributed by atoms with Crippen LogP contribution in [0.1, 0.15) is 56.6 Å². The molecular formula is C25H31BN2O5. The van der Waals surface area contributed by atoms with E-state index in [0.29, 0.717) is 6.42 Å². The van der Waals surface area contributed by atoms with E-state index in [1.165, 1.54) is 0 Å². The molecule has 2 amide bonds. The molecule has 0 radical (unpaired) electrons. The molecule has 33 heavy (non-hydrogen) atoms. The molecule has 0 unspecified atom stereocenters. The summed E-state index contributed by atoms with van der Waals surface area (Å²) in [5.41, 5.74) is 9.69. The third kappa shape index (κ3) is 6.09. The molecule has 2 aromatic carbocycles. The monoisotopic (exact) mass is 450 g/mol. The van der Waals surface area contributed by atoms with E-state index in [2.05, 4.69) is 5.32 Å². The molecule has 0 aliphatic heterocycles. The van der Waals surface area contributed by atoms with Gasteiger partial charge in [0.15, 0.2) is 0 Å². The van der Waals surface area contributed by atoms with Gasteiger partial charge >= 0.3 is 7.12 Å². The second-order valence-electron chi connectivity index (χ2n) is 9.20. The first-order valence-corrected chi connectivity index (χ1v) is 11.3. The Balaban J connectivity index is 1.74. The van der Waals surface area contributed by atoms with Gasteiger partial charge in [0.1, 0.15) is 5.78 Å². The van der Waals surface area contributed by atoms with Gasteiger partial charge in [-0.2, -0.15) is 0 Å². The SMILES string of the molecule is CC(C)C[C@H](NC(=O)[C@H](CC(N)=O)CC(=O)CC1c2ccccc2-c2ccccc21)B(O)O. The molecule has 8 heteroatoms. The number of hydrogen-bond acceptors (Lipinski definition) is 5. The molecule has 0 spiro atoms. The lowest BCUT2D eigenvalue weighted by Gasteiger charge is -2.23. The molecule has 0 aromatic heterocycles. The van der Waals surface area contributed by atoms with E-state index in [4.69, 9.17) is 5.73 Å². The number of fused-ring (bicyclic) bond motifs is 3. The molecule has 0 saturated heterocycles. The van der Waals surface area contributed by atoms with Gasteiger partial charge in [0, 0.05) is 25.2 Å². The van der Waals surface area contributed by atoms with Crippen molar-refractivity contribution in [1.82, 2.24) is 5.32 Å². The Kier molecular flexibility index (Phi) is 8.05. The molecule has 0 saturated carbocycles. The summed E-state index contributed by atoms with van der Waals surface area (Å²) in [6, 6.07) is 15.9. The van der Waals surface area contributed by atoms with Crippen molar-refractivity contribution in [3.63, 3.8) is 0 Å². The van der Waals surface area contributed by atoms with Gasteiger partial charge in [-0.3, -0.25) is 14.4 Å². The van der Waals surface area contributed by atoms with E-state index in [0.717, 1.165) is 22.3 Å².